The van der Waals surface area contributed by atoms with E-state index in [1.165, 1.54) is 30.5 Å². The maximum Gasteiger partial charge on any atom is 0.243 e. The third-order valence-electron chi connectivity index (χ3n) is 5.77. The zero-order chi connectivity index (χ0) is 21.0. The number of carbonyl (C=O) groups is 2. The second-order valence-corrected chi connectivity index (χ2v) is 9.48. The summed E-state index contributed by atoms with van der Waals surface area (Å²) in [5.74, 6) is 0.0730. The fourth-order valence-electron chi connectivity index (χ4n) is 4.29. The molecular weight excluding hydrogens is 394 g/mol. The summed E-state index contributed by atoms with van der Waals surface area (Å²) in [6.45, 7) is 2.65. The number of nitrogens with zero attached hydrogens (tertiary/aromatic N) is 2. The molecule has 29 heavy (non-hydrogen) atoms. The Morgan fingerprint density at radius 2 is 1.97 bits per heavy atom. The lowest BCUT2D eigenvalue weighted by Crippen LogP contribution is -2.46. The van der Waals surface area contributed by atoms with Crippen molar-refractivity contribution in [3.63, 3.8) is 0 Å². The van der Waals surface area contributed by atoms with Gasteiger partial charge in [0, 0.05) is 45.2 Å². The van der Waals surface area contributed by atoms with Crippen molar-refractivity contribution in [2.24, 2.45) is 5.92 Å². The van der Waals surface area contributed by atoms with Crippen LogP contribution in [0.25, 0.3) is 0 Å². The number of methoxy groups -OCH3 is 1. The molecule has 2 amide bonds. The molecule has 1 N–H and O–H groups in total. The number of amides is 2. The summed E-state index contributed by atoms with van der Waals surface area (Å²) in [5, 5.41) is 2.88. The average Bonchev–Trinajstić information content (AvgIpc) is 3.17. The Morgan fingerprint density at radius 1 is 1.17 bits per heavy atom. The SMILES string of the molecule is COc1cccc(S(=O)(=O)N2CCCN(C(C)=O)C3CCCC3C(=O)NCC2)c1. The largest absolute Gasteiger partial charge is 0.497 e. The molecule has 0 radical (unpaired) electrons. The van der Waals surface area contributed by atoms with Gasteiger partial charge in [-0.3, -0.25) is 9.59 Å². The van der Waals surface area contributed by atoms with E-state index in [4.69, 9.17) is 4.74 Å². The lowest BCUT2D eigenvalue weighted by molar-refractivity contribution is -0.134. The highest BCUT2D eigenvalue weighted by molar-refractivity contribution is 7.89. The van der Waals surface area contributed by atoms with Crippen LogP contribution in [0, 0.1) is 5.92 Å². The molecule has 1 saturated carbocycles. The summed E-state index contributed by atoms with van der Waals surface area (Å²) < 4.78 is 32.9. The van der Waals surface area contributed by atoms with Gasteiger partial charge in [-0.15, -0.1) is 0 Å². The molecule has 2 atom stereocenters. The third kappa shape index (κ3) is 4.72. The van der Waals surface area contributed by atoms with Gasteiger partial charge in [0.25, 0.3) is 0 Å². The molecule has 8 nitrogen and oxygen atoms in total. The molecule has 2 unspecified atom stereocenters. The first-order chi connectivity index (χ1) is 13.8. The lowest BCUT2D eigenvalue weighted by Gasteiger charge is -2.31. The zero-order valence-electron chi connectivity index (χ0n) is 17.0. The van der Waals surface area contributed by atoms with Crippen molar-refractivity contribution in [1.29, 1.82) is 0 Å². The Bertz CT molecular complexity index is 857. The monoisotopic (exact) mass is 423 g/mol. The van der Waals surface area contributed by atoms with Gasteiger partial charge in [0.2, 0.25) is 21.8 Å². The first-order valence-electron chi connectivity index (χ1n) is 10.0. The van der Waals surface area contributed by atoms with Crippen LogP contribution in [0.2, 0.25) is 0 Å². The van der Waals surface area contributed by atoms with Gasteiger partial charge in [0.05, 0.1) is 17.9 Å². The van der Waals surface area contributed by atoms with Gasteiger partial charge in [-0.2, -0.15) is 4.31 Å². The third-order valence-corrected chi connectivity index (χ3v) is 7.66. The molecule has 3 rings (SSSR count). The smallest absolute Gasteiger partial charge is 0.243 e. The van der Waals surface area contributed by atoms with Crippen LogP contribution in [0.1, 0.15) is 32.6 Å². The quantitative estimate of drug-likeness (QED) is 0.789. The van der Waals surface area contributed by atoms with Crippen LogP contribution >= 0.6 is 0 Å². The number of nitrogens with one attached hydrogen (secondary N) is 1. The zero-order valence-corrected chi connectivity index (χ0v) is 17.8. The molecule has 1 aromatic carbocycles. The van der Waals surface area contributed by atoms with Gasteiger partial charge in [-0.25, -0.2) is 8.42 Å². The number of carbonyl (C=O) groups excluding carboxylic acids is 2. The first kappa shape index (κ1) is 21.6. The minimum absolute atomic E-state index is 0.0730. The summed E-state index contributed by atoms with van der Waals surface area (Å²) in [4.78, 5) is 26.8. The van der Waals surface area contributed by atoms with Gasteiger partial charge >= 0.3 is 0 Å². The Hall–Kier alpha value is -2.13. The molecule has 2 fully saturated rings. The molecule has 1 aliphatic heterocycles. The van der Waals surface area contributed by atoms with Crippen LogP contribution in [-0.2, 0) is 19.6 Å². The molecule has 1 aliphatic carbocycles. The summed E-state index contributed by atoms with van der Waals surface area (Å²) >= 11 is 0. The van der Waals surface area contributed by atoms with Crippen molar-refractivity contribution in [2.45, 2.75) is 43.5 Å². The van der Waals surface area contributed by atoms with Gasteiger partial charge < -0.3 is 15.0 Å². The van der Waals surface area contributed by atoms with Crippen molar-refractivity contribution in [2.75, 3.05) is 33.3 Å². The van der Waals surface area contributed by atoms with Crippen molar-refractivity contribution in [3.8, 4) is 5.75 Å². The van der Waals surface area contributed by atoms with E-state index in [0.29, 0.717) is 18.7 Å². The van der Waals surface area contributed by atoms with Crippen LogP contribution in [-0.4, -0.2) is 68.8 Å². The highest BCUT2D eigenvalue weighted by Crippen LogP contribution is 2.31. The molecule has 1 aromatic rings. The number of ether oxygens (including phenoxy) is 1. The maximum absolute atomic E-state index is 13.2. The van der Waals surface area contributed by atoms with Crippen LogP contribution in [0.15, 0.2) is 29.2 Å². The van der Waals surface area contributed by atoms with E-state index in [0.717, 1.165) is 19.3 Å². The van der Waals surface area contributed by atoms with E-state index in [9.17, 15) is 18.0 Å². The van der Waals surface area contributed by atoms with Crippen LogP contribution in [0.4, 0.5) is 0 Å². The summed E-state index contributed by atoms with van der Waals surface area (Å²) in [6, 6.07) is 6.25. The number of hydrogen-bond acceptors (Lipinski definition) is 5. The molecule has 0 spiro atoms. The molecule has 1 saturated heterocycles. The van der Waals surface area contributed by atoms with Gasteiger partial charge in [0.15, 0.2) is 0 Å². The Balaban J connectivity index is 1.83. The molecule has 0 bridgehead atoms. The highest BCUT2D eigenvalue weighted by atomic mass is 32.2. The standard InChI is InChI=1S/C20H29N3O5S/c1-15(24)23-12-5-11-22(13-10-21-20(25)18-8-4-9-19(18)23)29(26,27)17-7-3-6-16(14-17)28-2/h3,6-7,14,18-19H,4-5,8-13H2,1-2H3,(H,21,25). The maximum atomic E-state index is 13.2. The topological polar surface area (TPSA) is 96.0 Å². The summed E-state index contributed by atoms with van der Waals surface area (Å²) in [6.07, 6.45) is 3.00. The highest BCUT2D eigenvalue weighted by Gasteiger charge is 2.38. The molecular formula is C20H29N3O5S. The summed E-state index contributed by atoms with van der Waals surface area (Å²) in [5.41, 5.74) is 0. The average molecular weight is 424 g/mol. The van der Waals surface area contributed by atoms with E-state index in [2.05, 4.69) is 5.32 Å². The normalized spacial score (nSPS) is 24.3. The number of benzene rings is 1. The van der Waals surface area contributed by atoms with Crippen LogP contribution in [0.3, 0.4) is 0 Å². The second-order valence-electron chi connectivity index (χ2n) is 7.54. The summed E-state index contributed by atoms with van der Waals surface area (Å²) in [7, 11) is -2.26. The van der Waals surface area contributed by atoms with Gasteiger partial charge in [-0.05, 0) is 31.4 Å². The molecule has 2 aliphatic rings. The van der Waals surface area contributed by atoms with E-state index in [1.807, 2.05) is 0 Å². The molecule has 160 valence electrons. The Labute approximate surface area is 172 Å². The van der Waals surface area contributed by atoms with E-state index in [1.54, 1.807) is 17.0 Å². The van der Waals surface area contributed by atoms with Gasteiger partial charge in [0.1, 0.15) is 5.75 Å². The number of rotatable bonds is 3. The number of hydrogen-bond donors (Lipinski definition) is 1. The first-order valence-corrected chi connectivity index (χ1v) is 11.5. The Kier molecular flexibility index (Phi) is 6.79. The number of fused-ring (bicyclic) bond motifs is 1. The predicted octanol–water partition coefficient (Wildman–Crippen LogP) is 1.22. The minimum Gasteiger partial charge on any atom is -0.497 e. The van der Waals surface area contributed by atoms with E-state index in [-0.39, 0.29) is 48.3 Å². The van der Waals surface area contributed by atoms with Crippen molar-refractivity contribution < 1.29 is 22.7 Å². The molecule has 0 aromatic heterocycles. The minimum atomic E-state index is -3.75. The van der Waals surface area contributed by atoms with E-state index < -0.39 is 10.0 Å². The van der Waals surface area contributed by atoms with Crippen LogP contribution < -0.4 is 10.1 Å². The molecule has 9 heteroatoms. The van der Waals surface area contributed by atoms with Crippen molar-refractivity contribution in [1.82, 2.24) is 14.5 Å². The van der Waals surface area contributed by atoms with Crippen LogP contribution in [0.5, 0.6) is 5.75 Å². The Morgan fingerprint density at radius 3 is 2.69 bits per heavy atom. The fourth-order valence-corrected chi connectivity index (χ4v) is 5.81. The van der Waals surface area contributed by atoms with Gasteiger partial charge in [-0.1, -0.05) is 12.5 Å². The van der Waals surface area contributed by atoms with Crippen molar-refractivity contribution >= 4 is 21.8 Å². The lowest BCUT2D eigenvalue weighted by atomic mass is 10.0. The van der Waals surface area contributed by atoms with E-state index >= 15 is 0 Å². The second kappa shape index (κ2) is 9.13. The predicted molar refractivity (Wildman–Crippen MR) is 108 cm³/mol. The molecule has 1 heterocycles. The van der Waals surface area contributed by atoms with Crippen molar-refractivity contribution in [3.05, 3.63) is 24.3 Å². The fraction of sp³-hybridized carbons (Fsp3) is 0.600. The number of sulfonamides is 1.